The maximum atomic E-state index is 4.29. The van der Waals surface area contributed by atoms with Crippen molar-refractivity contribution in [3.05, 3.63) is 42.2 Å². The van der Waals surface area contributed by atoms with Crippen LogP contribution in [0.3, 0.4) is 0 Å². The molecule has 1 fully saturated rings. The zero-order chi connectivity index (χ0) is 13.1. The Kier molecular flexibility index (Phi) is 3.79. The fourth-order valence-electron chi connectivity index (χ4n) is 3.42. The summed E-state index contributed by atoms with van der Waals surface area (Å²) < 4.78 is 0. The normalized spacial score (nSPS) is 17.9. The number of hydrogen-bond donors (Lipinski definition) is 1. The third-order valence-corrected chi connectivity index (χ3v) is 4.49. The van der Waals surface area contributed by atoms with Crippen molar-refractivity contribution in [1.82, 2.24) is 10.3 Å². The summed E-state index contributed by atoms with van der Waals surface area (Å²) in [4.78, 5) is 4.29. The molecule has 100 valence electrons. The zero-order valence-corrected chi connectivity index (χ0v) is 11.6. The predicted octanol–water partition coefficient (Wildman–Crippen LogP) is 4.08. The fourth-order valence-corrected chi connectivity index (χ4v) is 3.42. The van der Waals surface area contributed by atoms with Crippen LogP contribution in [-0.4, -0.2) is 12.0 Å². The van der Waals surface area contributed by atoms with Crippen molar-refractivity contribution in [3.63, 3.8) is 0 Å². The van der Waals surface area contributed by atoms with E-state index in [1.165, 1.54) is 48.4 Å². The minimum atomic E-state index is 0.455. The van der Waals surface area contributed by atoms with Crippen molar-refractivity contribution < 1.29 is 0 Å². The van der Waals surface area contributed by atoms with Gasteiger partial charge < -0.3 is 5.32 Å². The molecule has 1 aliphatic rings. The van der Waals surface area contributed by atoms with Gasteiger partial charge in [0.15, 0.2) is 0 Å². The largest absolute Gasteiger partial charge is 0.313 e. The van der Waals surface area contributed by atoms with Crippen molar-refractivity contribution >= 4 is 10.8 Å². The van der Waals surface area contributed by atoms with Gasteiger partial charge >= 0.3 is 0 Å². The third kappa shape index (κ3) is 2.64. The van der Waals surface area contributed by atoms with E-state index in [0.717, 1.165) is 5.92 Å². The summed E-state index contributed by atoms with van der Waals surface area (Å²) >= 11 is 0. The Balaban J connectivity index is 1.91. The van der Waals surface area contributed by atoms with E-state index in [2.05, 4.69) is 41.6 Å². The lowest BCUT2D eigenvalue weighted by atomic mass is 9.91. The van der Waals surface area contributed by atoms with Crippen LogP contribution in [0.5, 0.6) is 0 Å². The van der Waals surface area contributed by atoms with Crippen molar-refractivity contribution in [2.75, 3.05) is 7.05 Å². The third-order valence-electron chi connectivity index (χ3n) is 4.49. The molecule has 1 heterocycles. The number of rotatable bonds is 4. The Morgan fingerprint density at radius 1 is 1.26 bits per heavy atom. The summed E-state index contributed by atoms with van der Waals surface area (Å²) in [5.74, 6) is 0.893. The molecule has 1 saturated carbocycles. The highest BCUT2D eigenvalue weighted by atomic mass is 14.9. The number of fused-ring (bicyclic) bond motifs is 1. The number of pyridine rings is 1. The Morgan fingerprint density at radius 3 is 2.89 bits per heavy atom. The minimum absolute atomic E-state index is 0.455. The molecule has 1 atom stereocenters. The summed E-state index contributed by atoms with van der Waals surface area (Å²) in [6, 6.07) is 9.14. The molecule has 0 radical (unpaired) electrons. The predicted molar refractivity (Wildman–Crippen MR) is 80.1 cm³/mol. The molecular weight excluding hydrogens is 232 g/mol. The molecule has 1 aliphatic carbocycles. The summed E-state index contributed by atoms with van der Waals surface area (Å²) in [5.41, 5.74) is 1.40. The van der Waals surface area contributed by atoms with Crippen LogP contribution in [0.2, 0.25) is 0 Å². The number of benzene rings is 1. The smallest absolute Gasteiger partial charge is 0.0349 e. The second-order valence-electron chi connectivity index (χ2n) is 5.67. The SMILES string of the molecule is CNC(CC1CCCC1)c1cccc2ccncc12. The van der Waals surface area contributed by atoms with Gasteiger partial charge in [0.25, 0.3) is 0 Å². The molecule has 1 aromatic heterocycles. The number of aromatic nitrogens is 1. The van der Waals surface area contributed by atoms with Crippen LogP contribution in [0.1, 0.15) is 43.7 Å². The van der Waals surface area contributed by atoms with Crippen LogP contribution in [-0.2, 0) is 0 Å². The first-order valence-electron chi connectivity index (χ1n) is 7.38. The highest BCUT2D eigenvalue weighted by Crippen LogP contribution is 2.34. The van der Waals surface area contributed by atoms with E-state index in [4.69, 9.17) is 0 Å². The van der Waals surface area contributed by atoms with Gasteiger partial charge in [-0.1, -0.05) is 43.9 Å². The number of nitrogens with zero attached hydrogens (tertiary/aromatic N) is 1. The standard InChI is InChI=1S/C17H22N2/c1-18-17(11-13-5-2-3-6-13)15-8-4-7-14-9-10-19-12-16(14)15/h4,7-10,12-13,17-18H,2-3,5-6,11H2,1H3. The first-order valence-corrected chi connectivity index (χ1v) is 7.38. The highest BCUT2D eigenvalue weighted by Gasteiger charge is 2.21. The highest BCUT2D eigenvalue weighted by molar-refractivity contribution is 5.85. The summed E-state index contributed by atoms with van der Waals surface area (Å²) in [6.07, 6.45) is 10.8. The Morgan fingerprint density at radius 2 is 2.11 bits per heavy atom. The van der Waals surface area contributed by atoms with Crippen molar-refractivity contribution in [1.29, 1.82) is 0 Å². The van der Waals surface area contributed by atoms with E-state index in [9.17, 15) is 0 Å². The van der Waals surface area contributed by atoms with Gasteiger partial charge in [-0.05, 0) is 36.4 Å². The van der Waals surface area contributed by atoms with Crippen LogP contribution in [0, 0.1) is 5.92 Å². The maximum Gasteiger partial charge on any atom is 0.0349 e. The first kappa shape index (κ1) is 12.6. The molecular formula is C17H22N2. The van der Waals surface area contributed by atoms with Gasteiger partial charge in [-0.2, -0.15) is 0 Å². The second-order valence-corrected chi connectivity index (χ2v) is 5.67. The lowest BCUT2D eigenvalue weighted by molar-refractivity contribution is 0.415. The number of nitrogens with one attached hydrogen (secondary N) is 1. The Bertz CT molecular complexity index is 538. The molecule has 1 aromatic carbocycles. The van der Waals surface area contributed by atoms with E-state index in [-0.39, 0.29) is 0 Å². The average Bonchev–Trinajstić information content (AvgIpc) is 2.97. The molecule has 3 rings (SSSR count). The van der Waals surface area contributed by atoms with Crippen molar-refractivity contribution in [2.24, 2.45) is 5.92 Å². The average molecular weight is 254 g/mol. The molecule has 2 aromatic rings. The van der Waals surface area contributed by atoms with Gasteiger partial charge in [0.1, 0.15) is 0 Å². The van der Waals surface area contributed by atoms with E-state index in [1.807, 2.05) is 12.4 Å². The van der Waals surface area contributed by atoms with Crippen LogP contribution < -0.4 is 5.32 Å². The van der Waals surface area contributed by atoms with Gasteiger partial charge in [0.2, 0.25) is 0 Å². The molecule has 0 bridgehead atoms. The topological polar surface area (TPSA) is 24.9 Å². The number of hydrogen-bond acceptors (Lipinski definition) is 2. The second kappa shape index (κ2) is 5.70. The lowest BCUT2D eigenvalue weighted by Crippen LogP contribution is -2.19. The molecule has 19 heavy (non-hydrogen) atoms. The monoisotopic (exact) mass is 254 g/mol. The van der Waals surface area contributed by atoms with Crippen LogP contribution in [0.25, 0.3) is 10.8 Å². The molecule has 1 N–H and O–H groups in total. The van der Waals surface area contributed by atoms with Gasteiger partial charge in [-0.25, -0.2) is 0 Å². The van der Waals surface area contributed by atoms with Gasteiger partial charge in [-0.3, -0.25) is 4.98 Å². The van der Waals surface area contributed by atoms with E-state index in [0.29, 0.717) is 6.04 Å². The first-order chi connectivity index (χ1) is 9.38. The Labute approximate surface area is 115 Å². The van der Waals surface area contributed by atoms with Crippen molar-refractivity contribution in [3.8, 4) is 0 Å². The quantitative estimate of drug-likeness (QED) is 0.889. The Hall–Kier alpha value is -1.41. The molecule has 0 spiro atoms. The van der Waals surface area contributed by atoms with E-state index >= 15 is 0 Å². The maximum absolute atomic E-state index is 4.29. The van der Waals surface area contributed by atoms with Crippen LogP contribution in [0.15, 0.2) is 36.7 Å². The lowest BCUT2D eigenvalue weighted by Gasteiger charge is -2.22. The molecule has 1 unspecified atom stereocenters. The molecule has 0 saturated heterocycles. The van der Waals surface area contributed by atoms with Gasteiger partial charge in [-0.15, -0.1) is 0 Å². The van der Waals surface area contributed by atoms with Crippen molar-refractivity contribution in [2.45, 2.75) is 38.1 Å². The summed E-state index contributed by atoms with van der Waals surface area (Å²) in [5, 5.41) is 6.09. The molecule has 2 nitrogen and oxygen atoms in total. The van der Waals surface area contributed by atoms with Gasteiger partial charge in [0.05, 0.1) is 0 Å². The van der Waals surface area contributed by atoms with Crippen LogP contribution in [0.4, 0.5) is 0 Å². The molecule has 0 aliphatic heterocycles. The van der Waals surface area contributed by atoms with E-state index in [1.54, 1.807) is 0 Å². The summed E-state index contributed by atoms with van der Waals surface area (Å²) in [6.45, 7) is 0. The molecule has 2 heteroatoms. The minimum Gasteiger partial charge on any atom is -0.313 e. The molecule has 0 amide bonds. The fraction of sp³-hybridized carbons (Fsp3) is 0.471. The summed E-state index contributed by atoms with van der Waals surface area (Å²) in [7, 11) is 2.08. The zero-order valence-electron chi connectivity index (χ0n) is 11.6. The van der Waals surface area contributed by atoms with Crippen LogP contribution >= 0.6 is 0 Å². The van der Waals surface area contributed by atoms with E-state index < -0.39 is 0 Å². The van der Waals surface area contributed by atoms with Gasteiger partial charge in [0, 0.05) is 23.8 Å².